The van der Waals surface area contributed by atoms with Crippen LogP contribution in [0.5, 0.6) is 5.75 Å². The first-order valence-electron chi connectivity index (χ1n) is 10.8. The number of benzene rings is 3. The summed E-state index contributed by atoms with van der Waals surface area (Å²) in [4.78, 5) is 4.77. The van der Waals surface area contributed by atoms with Crippen LogP contribution in [0.25, 0.3) is 10.9 Å². The van der Waals surface area contributed by atoms with Gasteiger partial charge < -0.3 is 4.74 Å². The number of ether oxygens (including phenoxy) is 1. The predicted molar refractivity (Wildman–Crippen MR) is 134 cm³/mol. The molecule has 1 atom stereocenters. The fourth-order valence-corrected chi connectivity index (χ4v) is 5.89. The molecule has 0 unspecified atom stereocenters. The van der Waals surface area contributed by atoms with Crippen LogP contribution in [-0.2, 0) is 10.0 Å². The average molecular weight is 492 g/mol. The van der Waals surface area contributed by atoms with Gasteiger partial charge in [-0.05, 0) is 60.5 Å². The summed E-state index contributed by atoms with van der Waals surface area (Å²) in [6.45, 7) is 1.97. The highest BCUT2D eigenvalue weighted by Crippen LogP contribution is 2.40. The summed E-state index contributed by atoms with van der Waals surface area (Å²) in [6, 6.07) is 22.9. The number of halogens is 1. The molecule has 3 aromatic carbocycles. The second kappa shape index (κ2) is 8.74. The van der Waals surface area contributed by atoms with Gasteiger partial charge in [0.2, 0.25) is 0 Å². The number of hydrogen-bond acceptors (Lipinski definition) is 5. The average Bonchev–Trinajstić information content (AvgIpc) is 3.31. The number of para-hydroxylation sites is 1. The molecule has 0 saturated carbocycles. The minimum Gasteiger partial charge on any atom is -0.497 e. The van der Waals surface area contributed by atoms with E-state index >= 15 is 0 Å². The number of nitrogens with zero attached hydrogens (tertiary/aromatic N) is 3. The van der Waals surface area contributed by atoms with Gasteiger partial charge in [-0.25, -0.2) is 4.98 Å². The van der Waals surface area contributed by atoms with Gasteiger partial charge in [-0.3, -0.25) is 0 Å². The zero-order valence-corrected chi connectivity index (χ0v) is 20.2. The fraction of sp³-hybridized carbons (Fsp3) is 0.154. The van der Waals surface area contributed by atoms with E-state index in [0.29, 0.717) is 23.4 Å². The van der Waals surface area contributed by atoms with E-state index in [1.54, 1.807) is 37.4 Å². The van der Waals surface area contributed by atoms with E-state index in [2.05, 4.69) is 10.1 Å². The van der Waals surface area contributed by atoms with Crippen LogP contribution < -0.4 is 4.74 Å². The van der Waals surface area contributed by atoms with Crippen molar-refractivity contribution < 1.29 is 13.2 Å². The Bertz CT molecular complexity index is 1500. The summed E-state index contributed by atoms with van der Waals surface area (Å²) in [5.41, 5.74) is 3.88. The van der Waals surface area contributed by atoms with E-state index in [-0.39, 0.29) is 10.0 Å². The van der Waals surface area contributed by atoms with Crippen molar-refractivity contribution in [1.29, 1.82) is 0 Å². The minimum absolute atomic E-state index is 0.167. The molecule has 0 amide bonds. The van der Waals surface area contributed by atoms with E-state index in [1.807, 2.05) is 55.5 Å². The van der Waals surface area contributed by atoms with Crippen molar-refractivity contribution in [3.63, 3.8) is 0 Å². The van der Waals surface area contributed by atoms with Crippen molar-refractivity contribution in [3.05, 3.63) is 101 Å². The van der Waals surface area contributed by atoms with E-state index in [0.717, 1.165) is 22.0 Å². The van der Waals surface area contributed by atoms with Crippen LogP contribution in [0.2, 0.25) is 5.15 Å². The molecule has 34 heavy (non-hydrogen) atoms. The topological polar surface area (TPSA) is 71.9 Å². The first kappa shape index (κ1) is 22.4. The fourth-order valence-electron chi connectivity index (χ4n) is 4.17. The molecule has 0 radical (unpaired) electrons. The lowest BCUT2D eigenvalue weighted by molar-refractivity contribution is 0.371. The number of fused-ring (bicyclic) bond motifs is 1. The molecular weight excluding hydrogens is 470 g/mol. The van der Waals surface area contributed by atoms with Gasteiger partial charge in [0.05, 0.1) is 29.3 Å². The van der Waals surface area contributed by atoms with Gasteiger partial charge in [-0.15, -0.1) is 0 Å². The number of pyridine rings is 1. The van der Waals surface area contributed by atoms with E-state index in [4.69, 9.17) is 16.3 Å². The van der Waals surface area contributed by atoms with Crippen LogP contribution >= 0.6 is 11.6 Å². The Kier molecular flexibility index (Phi) is 5.75. The quantitative estimate of drug-likeness (QED) is 0.333. The summed E-state index contributed by atoms with van der Waals surface area (Å²) >= 11 is 6.65. The number of hydrogen-bond donors (Lipinski definition) is 0. The highest BCUT2D eigenvalue weighted by molar-refractivity contribution is 7.89. The molecule has 0 aliphatic carbocycles. The third kappa shape index (κ3) is 3.91. The van der Waals surface area contributed by atoms with E-state index < -0.39 is 16.1 Å². The van der Waals surface area contributed by atoms with Crippen LogP contribution in [0.3, 0.4) is 0 Å². The smallest absolute Gasteiger partial charge is 0.279 e. The SMILES string of the molecule is COc1ccc(C2=NN(S(=O)(=O)c3ccccc3)[C@H](c3cc4cccc(C)c4nc3Cl)C2)cc1. The van der Waals surface area contributed by atoms with Crippen molar-refractivity contribution in [1.82, 2.24) is 9.40 Å². The van der Waals surface area contributed by atoms with Crippen LogP contribution in [0, 0.1) is 6.92 Å². The van der Waals surface area contributed by atoms with Crippen LogP contribution in [0.4, 0.5) is 0 Å². The molecule has 5 rings (SSSR count). The Hall–Kier alpha value is -3.42. The van der Waals surface area contributed by atoms with Crippen LogP contribution in [0.1, 0.15) is 29.2 Å². The van der Waals surface area contributed by atoms with Gasteiger partial charge in [0.25, 0.3) is 10.0 Å². The van der Waals surface area contributed by atoms with Gasteiger partial charge in [-0.2, -0.15) is 17.9 Å². The molecule has 0 N–H and O–H groups in total. The summed E-state index contributed by atoms with van der Waals surface area (Å²) in [5, 5.41) is 5.76. The number of aryl methyl sites for hydroxylation is 1. The molecule has 8 heteroatoms. The first-order chi connectivity index (χ1) is 16.4. The summed E-state index contributed by atoms with van der Waals surface area (Å²) in [6.07, 6.45) is 0.358. The molecule has 1 aromatic heterocycles. The predicted octanol–water partition coefficient (Wildman–Crippen LogP) is 5.75. The number of rotatable bonds is 5. The molecule has 6 nitrogen and oxygen atoms in total. The van der Waals surface area contributed by atoms with Crippen molar-refractivity contribution in [2.45, 2.75) is 24.3 Å². The van der Waals surface area contributed by atoms with E-state index in [9.17, 15) is 8.42 Å². The van der Waals surface area contributed by atoms with E-state index in [1.165, 1.54) is 4.41 Å². The highest BCUT2D eigenvalue weighted by atomic mass is 35.5. The largest absolute Gasteiger partial charge is 0.497 e. The van der Waals surface area contributed by atoms with Crippen molar-refractivity contribution >= 4 is 38.2 Å². The normalized spacial score (nSPS) is 16.0. The van der Waals surface area contributed by atoms with Gasteiger partial charge in [0.1, 0.15) is 10.9 Å². The lowest BCUT2D eigenvalue weighted by Gasteiger charge is -2.24. The first-order valence-corrected chi connectivity index (χ1v) is 12.6. The van der Waals surface area contributed by atoms with Crippen molar-refractivity contribution in [2.75, 3.05) is 7.11 Å². The molecule has 1 aliphatic rings. The number of aromatic nitrogens is 1. The molecular formula is C26H22ClN3O3S. The third-order valence-corrected chi connectivity index (χ3v) is 7.97. The lowest BCUT2D eigenvalue weighted by Crippen LogP contribution is -2.27. The molecule has 0 bridgehead atoms. The number of methoxy groups -OCH3 is 1. The minimum atomic E-state index is -3.93. The van der Waals surface area contributed by atoms with Crippen LogP contribution in [-0.4, -0.2) is 30.6 Å². The molecule has 0 spiro atoms. The summed E-state index contributed by atoms with van der Waals surface area (Å²) < 4.78 is 33.7. The molecule has 1 aliphatic heterocycles. The Morgan fingerprint density at radius 3 is 2.44 bits per heavy atom. The van der Waals surface area contributed by atoms with Crippen molar-refractivity contribution in [3.8, 4) is 5.75 Å². The second-order valence-electron chi connectivity index (χ2n) is 8.10. The van der Waals surface area contributed by atoms with Crippen molar-refractivity contribution in [2.24, 2.45) is 5.10 Å². The second-order valence-corrected chi connectivity index (χ2v) is 10.3. The maximum absolute atomic E-state index is 13.7. The monoisotopic (exact) mass is 491 g/mol. The third-order valence-electron chi connectivity index (χ3n) is 5.97. The Labute approximate surface area is 203 Å². The maximum Gasteiger partial charge on any atom is 0.279 e. The Morgan fingerprint density at radius 2 is 1.74 bits per heavy atom. The molecule has 0 fully saturated rings. The zero-order chi connectivity index (χ0) is 23.9. The van der Waals surface area contributed by atoms with Gasteiger partial charge in [0, 0.05) is 17.4 Å². The molecule has 0 saturated heterocycles. The van der Waals surface area contributed by atoms with Gasteiger partial charge >= 0.3 is 0 Å². The Balaban J connectivity index is 1.65. The maximum atomic E-state index is 13.7. The summed E-state index contributed by atoms with van der Waals surface area (Å²) in [5.74, 6) is 0.713. The standard InChI is InChI=1S/C26H22ClN3O3S/c1-17-7-6-8-19-15-22(26(27)28-25(17)19)24-16-23(18-11-13-20(33-2)14-12-18)29-30(24)34(31,32)21-9-4-3-5-10-21/h3-15,24H,16H2,1-2H3/t24-/m0/s1. The van der Waals surface area contributed by atoms with Gasteiger partial charge in [-0.1, -0.05) is 48.0 Å². The molecule has 2 heterocycles. The lowest BCUT2D eigenvalue weighted by atomic mass is 9.98. The number of sulfonamides is 1. The molecule has 172 valence electrons. The zero-order valence-electron chi connectivity index (χ0n) is 18.6. The summed E-state index contributed by atoms with van der Waals surface area (Å²) in [7, 11) is -2.33. The number of hydrazone groups is 1. The van der Waals surface area contributed by atoms with Gasteiger partial charge in [0.15, 0.2) is 0 Å². The van der Waals surface area contributed by atoms with Crippen LogP contribution in [0.15, 0.2) is 88.9 Å². The Morgan fingerprint density at radius 1 is 1.00 bits per heavy atom. The highest BCUT2D eigenvalue weighted by Gasteiger charge is 2.39. The molecule has 4 aromatic rings.